The summed E-state index contributed by atoms with van der Waals surface area (Å²) >= 11 is 0. The zero-order chi connectivity index (χ0) is 16.0. The number of rotatable bonds is 2. The zero-order valence-corrected chi connectivity index (χ0v) is 12.9. The number of carbonyl (C=O) groups is 1. The Kier molecular flexibility index (Phi) is 3.37. The second kappa shape index (κ2) is 5.41. The number of hydrogen-bond acceptors (Lipinski definition) is 3. The first-order valence-electron chi connectivity index (χ1n) is 8.27. The van der Waals surface area contributed by atoms with E-state index in [0.29, 0.717) is 23.3 Å². The van der Waals surface area contributed by atoms with Gasteiger partial charge < -0.3 is 10.2 Å². The Balaban J connectivity index is 1.83. The summed E-state index contributed by atoms with van der Waals surface area (Å²) in [5, 5.41) is 19.5. The topological polar surface area (TPSA) is 57.5 Å². The molecule has 0 spiro atoms. The third-order valence-electron chi connectivity index (χ3n) is 5.66. The standard InChI is InChI=1S/C20H20O3/c21-11-13-8-15(23)9-20-17-3-1-2-16(17)18(10-19(13)20)12-4-6-14(22)7-5-12/h4-9,11,16-18,22-23H,1-3,10H2/t16-,17+,18-/m0/s1. The molecular weight excluding hydrogens is 288 g/mol. The highest BCUT2D eigenvalue weighted by Crippen LogP contribution is 2.53. The van der Waals surface area contributed by atoms with Crippen molar-refractivity contribution in [1.82, 2.24) is 0 Å². The van der Waals surface area contributed by atoms with Gasteiger partial charge in [0.2, 0.25) is 0 Å². The smallest absolute Gasteiger partial charge is 0.150 e. The van der Waals surface area contributed by atoms with Crippen LogP contribution in [-0.2, 0) is 6.42 Å². The zero-order valence-electron chi connectivity index (χ0n) is 12.9. The van der Waals surface area contributed by atoms with Crippen molar-refractivity contribution in [3.05, 3.63) is 58.7 Å². The molecule has 0 amide bonds. The number of aldehydes is 1. The van der Waals surface area contributed by atoms with E-state index in [0.717, 1.165) is 24.7 Å². The van der Waals surface area contributed by atoms with Gasteiger partial charge in [-0.05, 0) is 78.0 Å². The summed E-state index contributed by atoms with van der Waals surface area (Å²) in [4.78, 5) is 11.5. The Hall–Kier alpha value is -2.29. The van der Waals surface area contributed by atoms with Gasteiger partial charge in [0, 0.05) is 5.56 Å². The van der Waals surface area contributed by atoms with Crippen LogP contribution in [0.2, 0.25) is 0 Å². The van der Waals surface area contributed by atoms with E-state index >= 15 is 0 Å². The molecule has 0 unspecified atom stereocenters. The molecule has 0 saturated heterocycles. The molecule has 4 rings (SSSR count). The van der Waals surface area contributed by atoms with Crippen molar-refractivity contribution in [1.29, 1.82) is 0 Å². The number of carbonyl (C=O) groups excluding carboxylic acids is 1. The van der Waals surface area contributed by atoms with Gasteiger partial charge in [0.1, 0.15) is 17.8 Å². The number of aromatic hydroxyl groups is 2. The molecule has 23 heavy (non-hydrogen) atoms. The molecule has 2 N–H and O–H groups in total. The highest BCUT2D eigenvalue weighted by atomic mass is 16.3. The van der Waals surface area contributed by atoms with Crippen molar-refractivity contribution in [3.63, 3.8) is 0 Å². The van der Waals surface area contributed by atoms with Crippen LogP contribution in [0.5, 0.6) is 11.5 Å². The van der Waals surface area contributed by atoms with Crippen LogP contribution in [0.15, 0.2) is 36.4 Å². The number of hydrogen-bond donors (Lipinski definition) is 2. The third kappa shape index (κ3) is 2.31. The first-order valence-corrected chi connectivity index (χ1v) is 8.27. The Labute approximate surface area is 135 Å². The van der Waals surface area contributed by atoms with Crippen LogP contribution in [0, 0.1) is 5.92 Å². The molecule has 2 aliphatic carbocycles. The summed E-state index contributed by atoms with van der Waals surface area (Å²) in [7, 11) is 0. The SMILES string of the molecule is O=Cc1cc(O)cc2c1C[C@@H](c1ccc(O)cc1)[C@H]1CCC[C@@H]21. The van der Waals surface area contributed by atoms with Gasteiger partial charge in [0.25, 0.3) is 0 Å². The molecule has 1 fully saturated rings. The van der Waals surface area contributed by atoms with Gasteiger partial charge in [-0.3, -0.25) is 4.79 Å². The van der Waals surface area contributed by atoms with Crippen molar-refractivity contribution in [2.45, 2.75) is 37.5 Å². The minimum Gasteiger partial charge on any atom is -0.508 e. The predicted octanol–water partition coefficient (Wildman–Crippen LogP) is 4.13. The van der Waals surface area contributed by atoms with Crippen LogP contribution in [0.4, 0.5) is 0 Å². The molecule has 0 radical (unpaired) electrons. The number of phenolic OH excluding ortho intramolecular Hbond substituents is 2. The van der Waals surface area contributed by atoms with Crippen LogP contribution in [-0.4, -0.2) is 16.5 Å². The first-order chi connectivity index (χ1) is 11.2. The molecule has 3 heteroatoms. The molecule has 118 valence electrons. The van der Waals surface area contributed by atoms with E-state index in [9.17, 15) is 15.0 Å². The number of fused-ring (bicyclic) bond motifs is 3. The van der Waals surface area contributed by atoms with Crippen LogP contribution in [0.1, 0.15) is 58.1 Å². The summed E-state index contributed by atoms with van der Waals surface area (Å²) in [6, 6.07) is 10.9. The molecule has 0 bridgehead atoms. The van der Waals surface area contributed by atoms with Crippen molar-refractivity contribution in [2.75, 3.05) is 0 Å². The molecule has 2 aromatic rings. The van der Waals surface area contributed by atoms with Crippen LogP contribution < -0.4 is 0 Å². The largest absolute Gasteiger partial charge is 0.508 e. The third-order valence-corrected chi connectivity index (χ3v) is 5.66. The quantitative estimate of drug-likeness (QED) is 0.820. The summed E-state index contributed by atoms with van der Waals surface area (Å²) < 4.78 is 0. The van der Waals surface area contributed by atoms with Crippen LogP contribution in [0.25, 0.3) is 0 Å². The van der Waals surface area contributed by atoms with E-state index in [4.69, 9.17) is 0 Å². The second-order valence-corrected chi connectivity index (χ2v) is 6.82. The van der Waals surface area contributed by atoms with E-state index in [2.05, 4.69) is 0 Å². The van der Waals surface area contributed by atoms with Crippen molar-refractivity contribution < 1.29 is 15.0 Å². The van der Waals surface area contributed by atoms with Crippen molar-refractivity contribution in [3.8, 4) is 11.5 Å². The lowest BCUT2D eigenvalue weighted by Crippen LogP contribution is -2.26. The van der Waals surface area contributed by atoms with E-state index in [1.54, 1.807) is 18.2 Å². The maximum Gasteiger partial charge on any atom is 0.150 e. The van der Waals surface area contributed by atoms with Gasteiger partial charge in [-0.15, -0.1) is 0 Å². The molecule has 0 heterocycles. The Morgan fingerprint density at radius 2 is 1.74 bits per heavy atom. The van der Waals surface area contributed by atoms with Crippen molar-refractivity contribution >= 4 is 6.29 Å². The molecule has 3 nitrogen and oxygen atoms in total. The van der Waals surface area contributed by atoms with Crippen LogP contribution in [0.3, 0.4) is 0 Å². The summed E-state index contributed by atoms with van der Waals surface area (Å²) in [5.74, 6) is 1.82. The lowest BCUT2D eigenvalue weighted by Gasteiger charge is -2.37. The highest BCUT2D eigenvalue weighted by molar-refractivity contribution is 5.79. The molecule has 3 atom stereocenters. The molecule has 1 saturated carbocycles. The average Bonchev–Trinajstić information content (AvgIpc) is 3.04. The second-order valence-electron chi connectivity index (χ2n) is 6.82. The number of benzene rings is 2. The lowest BCUT2D eigenvalue weighted by atomic mass is 9.67. The highest BCUT2D eigenvalue weighted by Gasteiger charge is 2.41. The summed E-state index contributed by atoms with van der Waals surface area (Å²) in [6.07, 6.45) is 5.18. The van der Waals surface area contributed by atoms with E-state index in [-0.39, 0.29) is 11.5 Å². The average molecular weight is 308 g/mol. The first kappa shape index (κ1) is 14.3. The molecule has 0 aromatic heterocycles. The van der Waals surface area contributed by atoms with Gasteiger partial charge in [-0.2, -0.15) is 0 Å². The fourth-order valence-corrected chi connectivity index (χ4v) is 4.69. The predicted molar refractivity (Wildman–Crippen MR) is 88.1 cm³/mol. The normalized spacial score (nSPS) is 25.7. The van der Waals surface area contributed by atoms with Crippen LogP contribution >= 0.6 is 0 Å². The monoisotopic (exact) mass is 308 g/mol. The van der Waals surface area contributed by atoms with Crippen molar-refractivity contribution in [2.24, 2.45) is 5.92 Å². The number of phenols is 2. The molecule has 2 aliphatic rings. The van der Waals surface area contributed by atoms with Gasteiger partial charge in [0.05, 0.1) is 0 Å². The van der Waals surface area contributed by atoms with Gasteiger partial charge >= 0.3 is 0 Å². The lowest BCUT2D eigenvalue weighted by molar-refractivity contribution is 0.112. The van der Waals surface area contributed by atoms with Gasteiger partial charge in [-0.25, -0.2) is 0 Å². The molecule has 2 aromatic carbocycles. The summed E-state index contributed by atoms with van der Waals surface area (Å²) in [5.41, 5.74) is 4.12. The maximum atomic E-state index is 11.5. The molecular formula is C20H20O3. The Morgan fingerprint density at radius 3 is 2.48 bits per heavy atom. The summed E-state index contributed by atoms with van der Waals surface area (Å²) in [6.45, 7) is 0. The maximum absolute atomic E-state index is 11.5. The van der Waals surface area contributed by atoms with Gasteiger partial charge in [-0.1, -0.05) is 18.6 Å². The fourth-order valence-electron chi connectivity index (χ4n) is 4.69. The minimum absolute atomic E-state index is 0.194. The van der Waals surface area contributed by atoms with E-state index in [1.165, 1.54) is 24.0 Å². The fraction of sp³-hybridized carbons (Fsp3) is 0.350. The van der Waals surface area contributed by atoms with E-state index in [1.807, 2.05) is 18.2 Å². The Morgan fingerprint density at radius 1 is 0.957 bits per heavy atom. The minimum atomic E-state index is 0.194. The van der Waals surface area contributed by atoms with Gasteiger partial charge in [0.15, 0.2) is 0 Å². The Bertz CT molecular complexity index is 748. The molecule has 0 aliphatic heterocycles. The van der Waals surface area contributed by atoms with E-state index < -0.39 is 0 Å².